The maximum absolute atomic E-state index is 4.81. The van der Waals surface area contributed by atoms with Crippen molar-refractivity contribution in [3.8, 4) is 0 Å². The van der Waals surface area contributed by atoms with Crippen molar-refractivity contribution in [2.45, 2.75) is 39.0 Å². The standard InChI is InChI=1S/C16H21BrN2S/c1-12-5-6-13(9-14(12)17)19-15-18-10-16(11-20-15)7-3-2-4-8-16/h5-6,9H,2-4,7-8,10-11H2,1H3,(H,18,19). The molecular formula is C16H21BrN2S. The first kappa shape index (κ1) is 14.5. The van der Waals surface area contributed by atoms with Crippen molar-refractivity contribution in [1.82, 2.24) is 0 Å². The van der Waals surface area contributed by atoms with Crippen molar-refractivity contribution >= 4 is 38.5 Å². The number of nitrogens with zero attached hydrogens (tertiary/aromatic N) is 1. The molecule has 2 aliphatic rings. The van der Waals surface area contributed by atoms with Crippen LogP contribution in [0.4, 0.5) is 5.69 Å². The van der Waals surface area contributed by atoms with Gasteiger partial charge in [0.1, 0.15) is 0 Å². The summed E-state index contributed by atoms with van der Waals surface area (Å²) in [5.41, 5.74) is 2.88. The van der Waals surface area contributed by atoms with Gasteiger partial charge in [0.15, 0.2) is 5.17 Å². The van der Waals surface area contributed by atoms with Gasteiger partial charge in [-0.15, -0.1) is 0 Å². The molecule has 2 nitrogen and oxygen atoms in total. The molecule has 0 saturated heterocycles. The van der Waals surface area contributed by atoms with E-state index in [1.54, 1.807) is 0 Å². The molecule has 1 saturated carbocycles. The molecule has 0 radical (unpaired) electrons. The van der Waals surface area contributed by atoms with E-state index >= 15 is 0 Å². The molecule has 108 valence electrons. The van der Waals surface area contributed by atoms with Gasteiger partial charge < -0.3 is 5.32 Å². The second-order valence-corrected chi connectivity index (χ2v) is 7.88. The number of halogens is 1. The molecule has 1 spiro atoms. The molecule has 1 aliphatic heterocycles. The summed E-state index contributed by atoms with van der Waals surface area (Å²) in [6.45, 7) is 3.11. The zero-order valence-corrected chi connectivity index (χ0v) is 14.3. The SMILES string of the molecule is Cc1ccc(NC2=NCC3(CCCCC3)CS2)cc1Br. The van der Waals surface area contributed by atoms with Crippen molar-refractivity contribution in [3.05, 3.63) is 28.2 Å². The lowest BCUT2D eigenvalue weighted by Gasteiger charge is -2.38. The zero-order valence-electron chi connectivity index (χ0n) is 11.9. The zero-order chi connectivity index (χ0) is 14.0. The molecule has 0 atom stereocenters. The van der Waals surface area contributed by atoms with Gasteiger partial charge in [-0.25, -0.2) is 0 Å². The minimum atomic E-state index is 0.502. The molecular weight excluding hydrogens is 332 g/mol. The average Bonchev–Trinajstić information content (AvgIpc) is 2.47. The number of aryl methyl sites for hydroxylation is 1. The fourth-order valence-corrected chi connectivity index (χ4v) is 4.57. The molecule has 4 heteroatoms. The molecule has 20 heavy (non-hydrogen) atoms. The summed E-state index contributed by atoms with van der Waals surface area (Å²) in [5, 5.41) is 4.53. The normalized spacial score (nSPS) is 21.6. The number of hydrogen-bond donors (Lipinski definition) is 1. The second kappa shape index (κ2) is 6.10. The Labute approximate surface area is 134 Å². The van der Waals surface area contributed by atoms with Gasteiger partial charge in [0, 0.05) is 22.5 Å². The van der Waals surface area contributed by atoms with Gasteiger partial charge in [-0.1, -0.05) is 53.0 Å². The molecule has 1 aromatic rings. The number of aliphatic imine (C=N–C) groups is 1. The van der Waals surface area contributed by atoms with E-state index in [9.17, 15) is 0 Å². The predicted octanol–water partition coefficient (Wildman–Crippen LogP) is 5.22. The number of benzene rings is 1. The van der Waals surface area contributed by atoms with Crippen LogP contribution in [0.2, 0.25) is 0 Å². The van der Waals surface area contributed by atoms with E-state index in [1.807, 2.05) is 11.8 Å². The van der Waals surface area contributed by atoms with Crippen LogP contribution >= 0.6 is 27.7 Å². The molecule has 0 amide bonds. The van der Waals surface area contributed by atoms with Crippen LogP contribution in [0.15, 0.2) is 27.7 Å². The lowest BCUT2D eigenvalue weighted by atomic mass is 9.75. The number of anilines is 1. The summed E-state index contributed by atoms with van der Waals surface area (Å²) in [4.78, 5) is 4.81. The highest BCUT2D eigenvalue weighted by Crippen LogP contribution is 2.42. The Hall–Kier alpha value is -0.480. The minimum absolute atomic E-state index is 0.502. The van der Waals surface area contributed by atoms with Crippen LogP contribution in [0, 0.1) is 12.3 Å². The summed E-state index contributed by atoms with van der Waals surface area (Å²) in [6, 6.07) is 6.38. The Balaban J connectivity index is 1.65. The molecule has 3 rings (SSSR count). The van der Waals surface area contributed by atoms with E-state index in [1.165, 1.54) is 43.4 Å². The third kappa shape index (κ3) is 3.22. The first-order valence-electron chi connectivity index (χ1n) is 7.37. The summed E-state index contributed by atoms with van der Waals surface area (Å²) in [5.74, 6) is 1.23. The van der Waals surface area contributed by atoms with Crippen LogP contribution in [0.3, 0.4) is 0 Å². The fraction of sp³-hybridized carbons (Fsp3) is 0.562. The third-order valence-electron chi connectivity index (χ3n) is 4.41. The first-order chi connectivity index (χ1) is 9.67. The Kier molecular flexibility index (Phi) is 4.41. The summed E-state index contributed by atoms with van der Waals surface area (Å²) < 4.78 is 1.15. The van der Waals surface area contributed by atoms with Crippen molar-refractivity contribution in [2.24, 2.45) is 10.4 Å². The van der Waals surface area contributed by atoms with Crippen LogP contribution in [-0.2, 0) is 0 Å². The van der Waals surface area contributed by atoms with Gasteiger partial charge in [0.2, 0.25) is 0 Å². The smallest absolute Gasteiger partial charge is 0.161 e. The third-order valence-corrected chi connectivity index (χ3v) is 6.53. The van der Waals surface area contributed by atoms with E-state index in [2.05, 4.69) is 46.4 Å². The summed E-state index contributed by atoms with van der Waals surface area (Å²) >= 11 is 5.48. The van der Waals surface area contributed by atoms with Crippen molar-refractivity contribution in [1.29, 1.82) is 0 Å². The number of nitrogens with one attached hydrogen (secondary N) is 1. The van der Waals surface area contributed by atoms with Crippen molar-refractivity contribution in [3.63, 3.8) is 0 Å². The maximum atomic E-state index is 4.81. The van der Waals surface area contributed by atoms with E-state index < -0.39 is 0 Å². The molecule has 0 unspecified atom stereocenters. The van der Waals surface area contributed by atoms with E-state index in [4.69, 9.17) is 4.99 Å². The van der Waals surface area contributed by atoms with Crippen LogP contribution in [0.5, 0.6) is 0 Å². The van der Waals surface area contributed by atoms with Crippen molar-refractivity contribution in [2.75, 3.05) is 17.6 Å². The highest BCUT2D eigenvalue weighted by Gasteiger charge is 2.34. The van der Waals surface area contributed by atoms with E-state index in [0.29, 0.717) is 5.41 Å². The minimum Gasteiger partial charge on any atom is -0.335 e. The second-order valence-electron chi connectivity index (χ2n) is 6.06. The van der Waals surface area contributed by atoms with Crippen LogP contribution in [-0.4, -0.2) is 17.5 Å². The molecule has 0 bridgehead atoms. The molecule has 1 N–H and O–H groups in total. The van der Waals surface area contributed by atoms with Crippen molar-refractivity contribution < 1.29 is 0 Å². The highest BCUT2D eigenvalue weighted by atomic mass is 79.9. The van der Waals surface area contributed by atoms with Crippen LogP contribution in [0.1, 0.15) is 37.7 Å². The number of rotatable bonds is 1. The predicted molar refractivity (Wildman–Crippen MR) is 92.8 cm³/mol. The van der Waals surface area contributed by atoms with E-state index in [0.717, 1.165) is 21.9 Å². The summed E-state index contributed by atoms with van der Waals surface area (Å²) in [7, 11) is 0. The Morgan fingerprint density at radius 3 is 2.70 bits per heavy atom. The highest BCUT2D eigenvalue weighted by molar-refractivity contribution is 9.10. The van der Waals surface area contributed by atoms with Gasteiger partial charge >= 0.3 is 0 Å². The topological polar surface area (TPSA) is 24.4 Å². The molecule has 1 aliphatic carbocycles. The van der Waals surface area contributed by atoms with Gasteiger partial charge in [-0.3, -0.25) is 4.99 Å². The lowest BCUT2D eigenvalue weighted by molar-refractivity contribution is 0.232. The van der Waals surface area contributed by atoms with Gasteiger partial charge in [-0.05, 0) is 42.9 Å². The van der Waals surface area contributed by atoms with Crippen LogP contribution in [0.25, 0.3) is 0 Å². The quantitative estimate of drug-likeness (QED) is 0.748. The van der Waals surface area contributed by atoms with Gasteiger partial charge in [0.05, 0.1) is 0 Å². The monoisotopic (exact) mass is 352 g/mol. The first-order valence-corrected chi connectivity index (χ1v) is 9.15. The average molecular weight is 353 g/mol. The molecule has 1 fully saturated rings. The lowest BCUT2D eigenvalue weighted by Crippen LogP contribution is -2.35. The number of amidine groups is 1. The Morgan fingerprint density at radius 1 is 1.25 bits per heavy atom. The molecule has 1 aromatic carbocycles. The maximum Gasteiger partial charge on any atom is 0.161 e. The Morgan fingerprint density at radius 2 is 2.05 bits per heavy atom. The Bertz CT molecular complexity index is 521. The number of hydrogen-bond acceptors (Lipinski definition) is 3. The van der Waals surface area contributed by atoms with E-state index in [-0.39, 0.29) is 0 Å². The van der Waals surface area contributed by atoms with Gasteiger partial charge in [0.25, 0.3) is 0 Å². The van der Waals surface area contributed by atoms with Gasteiger partial charge in [-0.2, -0.15) is 0 Å². The molecule has 0 aromatic heterocycles. The van der Waals surface area contributed by atoms with Crippen LogP contribution < -0.4 is 5.32 Å². The molecule has 1 heterocycles. The summed E-state index contributed by atoms with van der Waals surface area (Å²) in [6.07, 6.45) is 6.94. The largest absolute Gasteiger partial charge is 0.335 e. The fourth-order valence-electron chi connectivity index (χ4n) is 3.03. The number of thioether (sulfide) groups is 1.